The Morgan fingerprint density at radius 1 is 0.909 bits per heavy atom. The fourth-order valence-electron chi connectivity index (χ4n) is 6.67. The molecule has 0 aromatic rings. The summed E-state index contributed by atoms with van der Waals surface area (Å²) in [6.45, 7) is 4.31. The molecule has 6 atom stereocenters. The molecule has 4 rings (SSSR count). The number of ketones is 3. The Balaban J connectivity index is 1.70. The van der Waals surface area contributed by atoms with E-state index in [1.807, 2.05) is 0 Å². The maximum atomic E-state index is 12.8. The first-order valence-electron chi connectivity index (χ1n) is 8.95. The molecular formula is C19H26O3. The van der Waals surface area contributed by atoms with Gasteiger partial charge in [0.1, 0.15) is 17.3 Å². The minimum Gasteiger partial charge on any atom is -0.299 e. The highest BCUT2D eigenvalue weighted by Gasteiger charge is 2.62. The van der Waals surface area contributed by atoms with Gasteiger partial charge in [-0.1, -0.05) is 13.8 Å². The van der Waals surface area contributed by atoms with E-state index >= 15 is 0 Å². The first-order valence-corrected chi connectivity index (χ1v) is 8.95. The zero-order chi connectivity index (χ0) is 15.7. The van der Waals surface area contributed by atoms with Gasteiger partial charge in [0, 0.05) is 23.7 Å². The molecule has 0 aromatic carbocycles. The van der Waals surface area contributed by atoms with E-state index < -0.39 is 0 Å². The quantitative estimate of drug-likeness (QED) is 0.645. The highest BCUT2D eigenvalue weighted by molar-refractivity contribution is 6.04. The van der Waals surface area contributed by atoms with Crippen molar-refractivity contribution in [2.75, 3.05) is 0 Å². The second-order valence-corrected chi connectivity index (χ2v) is 8.69. The predicted molar refractivity (Wildman–Crippen MR) is 82.1 cm³/mol. The van der Waals surface area contributed by atoms with Crippen LogP contribution in [0.3, 0.4) is 0 Å². The van der Waals surface area contributed by atoms with Gasteiger partial charge < -0.3 is 0 Å². The molecule has 1 unspecified atom stereocenters. The van der Waals surface area contributed by atoms with Crippen LogP contribution in [0.4, 0.5) is 0 Å². The summed E-state index contributed by atoms with van der Waals surface area (Å²) >= 11 is 0. The molecule has 0 aliphatic heterocycles. The van der Waals surface area contributed by atoms with Crippen LogP contribution in [0.2, 0.25) is 0 Å². The normalized spacial score (nSPS) is 51.3. The SMILES string of the molecule is C[C@]12C(=O)CC(=O)CC1CC[C@@H]1[C@@H]2CC[C@]2(C)C(=O)CC[C@@H]12. The molecule has 0 aromatic heterocycles. The summed E-state index contributed by atoms with van der Waals surface area (Å²) in [6.07, 6.45) is 6.55. The lowest BCUT2D eigenvalue weighted by Crippen LogP contribution is -2.57. The van der Waals surface area contributed by atoms with E-state index in [0.29, 0.717) is 30.0 Å². The van der Waals surface area contributed by atoms with Gasteiger partial charge in [0.05, 0.1) is 6.42 Å². The van der Waals surface area contributed by atoms with Gasteiger partial charge in [-0.2, -0.15) is 0 Å². The Hall–Kier alpha value is -0.990. The van der Waals surface area contributed by atoms with Gasteiger partial charge in [0.2, 0.25) is 0 Å². The third-order valence-corrected chi connectivity index (χ3v) is 8.05. The van der Waals surface area contributed by atoms with Gasteiger partial charge in [-0.3, -0.25) is 14.4 Å². The van der Waals surface area contributed by atoms with Gasteiger partial charge in [-0.15, -0.1) is 0 Å². The van der Waals surface area contributed by atoms with E-state index in [4.69, 9.17) is 0 Å². The van der Waals surface area contributed by atoms with Gasteiger partial charge >= 0.3 is 0 Å². The number of rotatable bonds is 0. The predicted octanol–water partition coefficient (Wildman–Crippen LogP) is 3.35. The van der Waals surface area contributed by atoms with E-state index in [-0.39, 0.29) is 34.7 Å². The van der Waals surface area contributed by atoms with Crippen LogP contribution >= 0.6 is 0 Å². The van der Waals surface area contributed by atoms with Crippen molar-refractivity contribution in [1.82, 2.24) is 0 Å². The Kier molecular flexibility index (Phi) is 3.00. The maximum absolute atomic E-state index is 12.8. The van der Waals surface area contributed by atoms with Crippen LogP contribution in [-0.2, 0) is 14.4 Å². The molecule has 0 saturated heterocycles. The van der Waals surface area contributed by atoms with Gasteiger partial charge in [0.25, 0.3) is 0 Å². The van der Waals surface area contributed by atoms with Crippen LogP contribution in [0.1, 0.15) is 65.2 Å². The van der Waals surface area contributed by atoms with E-state index in [1.165, 1.54) is 0 Å². The highest BCUT2D eigenvalue weighted by atomic mass is 16.2. The summed E-state index contributed by atoms with van der Waals surface area (Å²) in [7, 11) is 0. The molecule has 4 aliphatic rings. The molecule has 120 valence electrons. The first kappa shape index (κ1) is 14.6. The van der Waals surface area contributed by atoms with Crippen molar-refractivity contribution in [3.05, 3.63) is 0 Å². The lowest BCUT2D eigenvalue weighted by Gasteiger charge is -2.58. The standard InChI is InChI=1S/C19H26O3/c1-18-8-7-15-13(14(18)5-6-16(18)21)4-3-11-9-12(20)10-17(22)19(11,15)2/h11,13-15H,3-10H2,1-2H3/t11?,13-,14-,15-,18-,19-/m0/s1. The Bertz CT molecular complexity index is 565. The number of hydrogen-bond donors (Lipinski definition) is 0. The maximum Gasteiger partial charge on any atom is 0.146 e. The van der Waals surface area contributed by atoms with Gasteiger partial charge in [0.15, 0.2) is 0 Å². The molecule has 0 spiro atoms. The number of hydrogen-bond acceptors (Lipinski definition) is 3. The smallest absolute Gasteiger partial charge is 0.146 e. The van der Waals surface area contributed by atoms with Crippen molar-refractivity contribution < 1.29 is 14.4 Å². The number of Topliss-reactive ketones (excluding diaryl/α,β-unsaturated/α-hetero) is 3. The minimum atomic E-state index is -0.302. The van der Waals surface area contributed by atoms with Crippen LogP contribution in [0.15, 0.2) is 0 Å². The third-order valence-electron chi connectivity index (χ3n) is 8.05. The van der Waals surface area contributed by atoms with Crippen molar-refractivity contribution in [2.45, 2.75) is 65.2 Å². The van der Waals surface area contributed by atoms with Crippen molar-refractivity contribution in [3.8, 4) is 0 Å². The summed E-state index contributed by atoms with van der Waals surface area (Å²) in [5.41, 5.74) is -0.429. The second kappa shape index (κ2) is 4.52. The van der Waals surface area contributed by atoms with Crippen LogP contribution in [0.25, 0.3) is 0 Å². The van der Waals surface area contributed by atoms with E-state index in [9.17, 15) is 14.4 Å². The molecule has 0 radical (unpaired) electrons. The molecule has 0 N–H and O–H groups in total. The number of fused-ring (bicyclic) bond motifs is 5. The van der Waals surface area contributed by atoms with Crippen LogP contribution < -0.4 is 0 Å². The van der Waals surface area contributed by atoms with E-state index in [2.05, 4.69) is 13.8 Å². The Labute approximate surface area is 132 Å². The lowest BCUT2D eigenvalue weighted by atomic mass is 9.45. The molecule has 4 saturated carbocycles. The Morgan fingerprint density at radius 3 is 2.45 bits per heavy atom. The minimum absolute atomic E-state index is 0.127. The average molecular weight is 302 g/mol. The molecule has 22 heavy (non-hydrogen) atoms. The molecular weight excluding hydrogens is 276 g/mol. The van der Waals surface area contributed by atoms with E-state index in [0.717, 1.165) is 38.5 Å². The van der Waals surface area contributed by atoms with E-state index in [1.54, 1.807) is 0 Å². The van der Waals surface area contributed by atoms with Crippen molar-refractivity contribution in [2.24, 2.45) is 34.5 Å². The van der Waals surface area contributed by atoms with Crippen molar-refractivity contribution in [1.29, 1.82) is 0 Å². The second-order valence-electron chi connectivity index (χ2n) is 8.69. The fraction of sp³-hybridized carbons (Fsp3) is 0.842. The zero-order valence-electron chi connectivity index (χ0n) is 13.7. The molecule has 0 heterocycles. The van der Waals surface area contributed by atoms with Crippen molar-refractivity contribution in [3.63, 3.8) is 0 Å². The summed E-state index contributed by atoms with van der Waals surface area (Å²) in [5, 5.41) is 0. The van der Waals surface area contributed by atoms with Gasteiger partial charge in [-0.05, 0) is 55.8 Å². The monoisotopic (exact) mass is 302 g/mol. The summed E-state index contributed by atoms with van der Waals surface area (Å²) < 4.78 is 0. The molecule has 3 heteroatoms. The Morgan fingerprint density at radius 2 is 1.68 bits per heavy atom. The summed E-state index contributed by atoms with van der Waals surface area (Å²) in [5.74, 6) is 2.43. The van der Waals surface area contributed by atoms with Crippen LogP contribution in [0, 0.1) is 34.5 Å². The van der Waals surface area contributed by atoms with Gasteiger partial charge in [-0.25, -0.2) is 0 Å². The van der Waals surface area contributed by atoms with Crippen molar-refractivity contribution >= 4 is 17.3 Å². The summed E-state index contributed by atoms with van der Waals surface area (Å²) in [4.78, 5) is 37.0. The highest BCUT2D eigenvalue weighted by Crippen LogP contribution is 2.64. The largest absolute Gasteiger partial charge is 0.299 e. The topological polar surface area (TPSA) is 51.2 Å². The first-order chi connectivity index (χ1) is 10.4. The molecule has 3 nitrogen and oxygen atoms in total. The molecule has 0 amide bonds. The zero-order valence-corrected chi connectivity index (χ0v) is 13.7. The number of carbonyl (C=O) groups excluding carboxylic acids is 3. The molecule has 0 bridgehead atoms. The third kappa shape index (κ3) is 1.66. The number of carbonyl (C=O) groups is 3. The van der Waals surface area contributed by atoms with Crippen LogP contribution in [-0.4, -0.2) is 17.3 Å². The average Bonchev–Trinajstić information content (AvgIpc) is 2.77. The van der Waals surface area contributed by atoms with Crippen LogP contribution in [0.5, 0.6) is 0 Å². The molecule has 4 aliphatic carbocycles. The lowest BCUT2D eigenvalue weighted by molar-refractivity contribution is -0.159. The summed E-state index contributed by atoms with van der Waals surface area (Å²) in [6, 6.07) is 0. The molecule has 4 fully saturated rings. The fourth-order valence-corrected chi connectivity index (χ4v) is 6.67.